The molecule has 0 spiro atoms. The quantitative estimate of drug-likeness (QED) is 0.812. The summed E-state index contributed by atoms with van der Waals surface area (Å²) in [4.78, 5) is 11.3. The van der Waals surface area contributed by atoms with Gasteiger partial charge in [0.1, 0.15) is 0 Å². The predicted octanol–water partition coefficient (Wildman–Crippen LogP) is 2.44. The zero-order valence-electron chi connectivity index (χ0n) is 9.43. The number of benzene rings is 1. The molecular formula is C11H14Cl2N2O2. The Labute approximate surface area is 110 Å². The number of carbonyl (C=O) groups excluding carboxylic acids is 1. The van der Waals surface area contributed by atoms with E-state index in [2.05, 4.69) is 10.6 Å². The standard InChI is InChI=1S/C11H14Cl2N2O2/c1-17-5-4-14-11(16)15-7-8-2-3-9(12)6-10(8)13/h2-3,6H,4-5,7H2,1H3,(H2,14,15,16). The molecule has 0 fully saturated rings. The van der Waals surface area contributed by atoms with E-state index in [1.165, 1.54) is 0 Å². The van der Waals surface area contributed by atoms with Crippen LogP contribution in [-0.4, -0.2) is 26.3 Å². The van der Waals surface area contributed by atoms with Crippen LogP contribution in [0.15, 0.2) is 18.2 Å². The lowest BCUT2D eigenvalue weighted by Gasteiger charge is -2.08. The first kappa shape index (κ1) is 14.1. The molecule has 4 nitrogen and oxygen atoms in total. The number of hydrogen-bond acceptors (Lipinski definition) is 2. The van der Waals surface area contributed by atoms with Gasteiger partial charge in [0.25, 0.3) is 0 Å². The van der Waals surface area contributed by atoms with E-state index in [0.717, 1.165) is 5.56 Å². The summed E-state index contributed by atoms with van der Waals surface area (Å²) in [5.74, 6) is 0. The zero-order chi connectivity index (χ0) is 12.7. The summed E-state index contributed by atoms with van der Waals surface area (Å²) in [6, 6.07) is 4.89. The predicted molar refractivity (Wildman–Crippen MR) is 68.6 cm³/mol. The molecule has 0 heterocycles. The fraction of sp³-hybridized carbons (Fsp3) is 0.364. The van der Waals surface area contributed by atoms with Crippen molar-refractivity contribution in [2.75, 3.05) is 20.3 Å². The fourth-order valence-corrected chi connectivity index (χ4v) is 1.64. The van der Waals surface area contributed by atoms with Crippen molar-refractivity contribution in [3.63, 3.8) is 0 Å². The molecule has 2 amide bonds. The number of rotatable bonds is 5. The third-order valence-electron chi connectivity index (χ3n) is 2.05. The largest absolute Gasteiger partial charge is 0.383 e. The van der Waals surface area contributed by atoms with Gasteiger partial charge in [-0.05, 0) is 17.7 Å². The van der Waals surface area contributed by atoms with Gasteiger partial charge >= 0.3 is 6.03 Å². The molecule has 0 aliphatic rings. The first-order valence-electron chi connectivity index (χ1n) is 5.08. The van der Waals surface area contributed by atoms with Crippen LogP contribution in [0.5, 0.6) is 0 Å². The molecule has 0 atom stereocenters. The summed E-state index contributed by atoms with van der Waals surface area (Å²) < 4.78 is 4.81. The van der Waals surface area contributed by atoms with Crippen molar-refractivity contribution < 1.29 is 9.53 Å². The van der Waals surface area contributed by atoms with Gasteiger partial charge < -0.3 is 15.4 Å². The highest BCUT2D eigenvalue weighted by Crippen LogP contribution is 2.20. The van der Waals surface area contributed by atoms with Gasteiger partial charge in [-0.3, -0.25) is 0 Å². The SMILES string of the molecule is COCCNC(=O)NCc1ccc(Cl)cc1Cl. The second-order valence-corrected chi connectivity index (χ2v) is 4.18. The smallest absolute Gasteiger partial charge is 0.315 e. The van der Waals surface area contributed by atoms with E-state index in [1.807, 2.05) is 0 Å². The van der Waals surface area contributed by atoms with Gasteiger partial charge in [-0.2, -0.15) is 0 Å². The maximum Gasteiger partial charge on any atom is 0.315 e. The Morgan fingerprint density at radius 3 is 2.76 bits per heavy atom. The van der Waals surface area contributed by atoms with Crippen LogP contribution in [0.25, 0.3) is 0 Å². The lowest BCUT2D eigenvalue weighted by molar-refractivity contribution is 0.196. The van der Waals surface area contributed by atoms with Crippen molar-refractivity contribution in [2.45, 2.75) is 6.54 Å². The molecule has 1 aromatic rings. The number of amides is 2. The molecule has 94 valence electrons. The highest BCUT2D eigenvalue weighted by Gasteiger charge is 2.03. The molecule has 0 aliphatic carbocycles. The summed E-state index contributed by atoms with van der Waals surface area (Å²) in [5, 5.41) is 6.43. The molecule has 0 saturated heterocycles. The van der Waals surface area contributed by atoms with Crippen LogP contribution in [0.4, 0.5) is 4.79 Å². The molecule has 0 radical (unpaired) electrons. The van der Waals surface area contributed by atoms with Gasteiger partial charge in [0.15, 0.2) is 0 Å². The van der Waals surface area contributed by atoms with Crippen LogP contribution in [0, 0.1) is 0 Å². The van der Waals surface area contributed by atoms with Crippen molar-refractivity contribution in [3.05, 3.63) is 33.8 Å². The molecule has 0 saturated carbocycles. The molecule has 1 rings (SSSR count). The molecule has 0 aliphatic heterocycles. The summed E-state index contributed by atoms with van der Waals surface area (Å²) in [6.45, 7) is 1.31. The highest BCUT2D eigenvalue weighted by molar-refractivity contribution is 6.35. The zero-order valence-corrected chi connectivity index (χ0v) is 10.9. The Morgan fingerprint density at radius 2 is 2.12 bits per heavy atom. The molecule has 6 heteroatoms. The number of carbonyl (C=O) groups is 1. The molecule has 0 unspecified atom stereocenters. The number of halogens is 2. The van der Waals surface area contributed by atoms with E-state index in [1.54, 1.807) is 25.3 Å². The van der Waals surface area contributed by atoms with Gasteiger partial charge in [0.2, 0.25) is 0 Å². The second-order valence-electron chi connectivity index (χ2n) is 3.34. The Bertz CT molecular complexity index is 386. The van der Waals surface area contributed by atoms with Crippen molar-refractivity contribution in [1.82, 2.24) is 10.6 Å². The van der Waals surface area contributed by atoms with Gasteiger partial charge in [-0.1, -0.05) is 29.3 Å². The van der Waals surface area contributed by atoms with Gasteiger partial charge in [0, 0.05) is 30.2 Å². The Kier molecular flexibility index (Phi) is 6.11. The van der Waals surface area contributed by atoms with Crippen LogP contribution in [0.1, 0.15) is 5.56 Å². The lowest BCUT2D eigenvalue weighted by Crippen LogP contribution is -2.36. The number of hydrogen-bond donors (Lipinski definition) is 2. The Hall–Kier alpha value is -0.970. The number of urea groups is 1. The molecule has 1 aromatic carbocycles. The first-order valence-corrected chi connectivity index (χ1v) is 5.83. The van der Waals surface area contributed by atoms with E-state index in [9.17, 15) is 4.79 Å². The number of ether oxygens (including phenoxy) is 1. The minimum atomic E-state index is -0.256. The number of nitrogens with one attached hydrogen (secondary N) is 2. The van der Waals surface area contributed by atoms with Crippen molar-refractivity contribution in [2.24, 2.45) is 0 Å². The summed E-state index contributed by atoms with van der Waals surface area (Å²) >= 11 is 11.7. The van der Waals surface area contributed by atoms with Crippen molar-refractivity contribution in [3.8, 4) is 0 Å². The summed E-state index contributed by atoms with van der Waals surface area (Å²) in [6.07, 6.45) is 0. The van der Waals surface area contributed by atoms with Gasteiger partial charge in [0.05, 0.1) is 6.61 Å². The van der Waals surface area contributed by atoms with E-state index >= 15 is 0 Å². The molecule has 17 heavy (non-hydrogen) atoms. The van der Waals surface area contributed by atoms with Crippen LogP contribution >= 0.6 is 23.2 Å². The topological polar surface area (TPSA) is 50.4 Å². The maximum atomic E-state index is 11.3. The van der Waals surface area contributed by atoms with Crippen LogP contribution in [-0.2, 0) is 11.3 Å². The maximum absolute atomic E-state index is 11.3. The minimum absolute atomic E-state index is 0.256. The van der Waals surface area contributed by atoms with Crippen molar-refractivity contribution in [1.29, 1.82) is 0 Å². The average Bonchev–Trinajstić information content (AvgIpc) is 2.28. The van der Waals surface area contributed by atoms with Gasteiger partial charge in [-0.25, -0.2) is 4.79 Å². The first-order chi connectivity index (χ1) is 8.13. The normalized spacial score (nSPS) is 10.1. The van der Waals surface area contributed by atoms with E-state index in [0.29, 0.717) is 29.7 Å². The molecule has 0 bridgehead atoms. The third-order valence-corrected chi connectivity index (χ3v) is 2.63. The summed E-state index contributed by atoms with van der Waals surface area (Å²) in [7, 11) is 1.58. The third kappa shape index (κ3) is 5.26. The van der Waals surface area contributed by atoms with E-state index in [4.69, 9.17) is 27.9 Å². The minimum Gasteiger partial charge on any atom is -0.383 e. The Morgan fingerprint density at radius 1 is 1.35 bits per heavy atom. The van der Waals surface area contributed by atoms with Gasteiger partial charge in [-0.15, -0.1) is 0 Å². The lowest BCUT2D eigenvalue weighted by atomic mass is 10.2. The number of methoxy groups -OCH3 is 1. The van der Waals surface area contributed by atoms with Crippen LogP contribution in [0.3, 0.4) is 0 Å². The summed E-state index contributed by atoms with van der Waals surface area (Å²) in [5.41, 5.74) is 0.818. The second kappa shape index (κ2) is 7.37. The van der Waals surface area contributed by atoms with Crippen molar-refractivity contribution >= 4 is 29.2 Å². The molecular weight excluding hydrogens is 263 g/mol. The fourth-order valence-electron chi connectivity index (χ4n) is 1.17. The highest BCUT2D eigenvalue weighted by atomic mass is 35.5. The molecule has 2 N–H and O–H groups in total. The van der Waals surface area contributed by atoms with Crippen LogP contribution < -0.4 is 10.6 Å². The van der Waals surface area contributed by atoms with Crippen LogP contribution in [0.2, 0.25) is 10.0 Å². The van der Waals surface area contributed by atoms with E-state index < -0.39 is 0 Å². The monoisotopic (exact) mass is 276 g/mol. The Balaban J connectivity index is 2.37. The van der Waals surface area contributed by atoms with E-state index in [-0.39, 0.29) is 6.03 Å². The average molecular weight is 277 g/mol. The molecule has 0 aromatic heterocycles.